The Morgan fingerprint density at radius 1 is 1.24 bits per heavy atom. The number of hydrogen-bond donors (Lipinski definition) is 1. The third kappa shape index (κ3) is 4.24. The van der Waals surface area contributed by atoms with E-state index in [2.05, 4.69) is 10.5 Å². The van der Waals surface area contributed by atoms with Gasteiger partial charge in [-0.3, -0.25) is 4.79 Å². The highest BCUT2D eigenvalue weighted by Crippen LogP contribution is 2.26. The van der Waals surface area contributed by atoms with Crippen LogP contribution in [0, 0.1) is 5.82 Å². The number of aryl methyl sites for hydroxylation is 1. The number of carbonyl (C=O) groups excluding carboxylic acids is 1. The zero-order chi connectivity index (χ0) is 17.7. The van der Waals surface area contributed by atoms with Gasteiger partial charge in [0.1, 0.15) is 5.82 Å². The van der Waals surface area contributed by atoms with Crippen LogP contribution in [0.25, 0.3) is 0 Å². The Morgan fingerprint density at radius 3 is 2.80 bits per heavy atom. The number of hydrogen-bond acceptors (Lipinski definition) is 3. The molecule has 3 rings (SSSR count). The standard InChI is InChI=1S/C20H21FN2O2/c1-20(14-18(23-25-20)16-9-3-2-4-10-16)19(24)22-12-6-8-15-7-5-11-17(21)13-15/h2-5,7,9-11,13H,6,8,12,14H2,1H3,(H,22,24). The average molecular weight is 340 g/mol. The van der Waals surface area contributed by atoms with Crippen LogP contribution in [0.15, 0.2) is 59.8 Å². The quantitative estimate of drug-likeness (QED) is 0.819. The van der Waals surface area contributed by atoms with Crippen molar-refractivity contribution in [3.05, 3.63) is 71.5 Å². The Kier molecular flexibility index (Phi) is 5.12. The Bertz CT molecular complexity index is 776. The lowest BCUT2D eigenvalue weighted by Crippen LogP contribution is -2.45. The second-order valence-corrected chi connectivity index (χ2v) is 6.39. The lowest BCUT2D eigenvalue weighted by Gasteiger charge is -2.20. The zero-order valence-corrected chi connectivity index (χ0v) is 14.2. The van der Waals surface area contributed by atoms with Crippen molar-refractivity contribution in [1.82, 2.24) is 5.32 Å². The summed E-state index contributed by atoms with van der Waals surface area (Å²) in [4.78, 5) is 17.9. The number of oxime groups is 1. The molecule has 2 aromatic carbocycles. The van der Waals surface area contributed by atoms with Gasteiger partial charge in [-0.15, -0.1) is 0 Å². The zero-order valence-electron chi connectivity index (χ0n) is 14.2. The summed E-state index contributed by atoms with van der Waals surface area (Å²) in [5.41, 5.74) is 1.68. The second-order valence-electron chi connectivity index (χ2n) is 6.39. The molecule has 0 radical (unpaired) electrons. The van der Waals surface area contributed by atoms with E-state index in [0.29, 0.717) is 19.4 Å². The summed E-state index contributed by atoms with van der Waals surface area (Å²) in [6, 6.07) is 16.2. The smallest absolute Gasteiger partial charge is 0.267 e. The largest absolute Gasteiger partial charge is 0.379 e. The van der Waals surface area contributed by atoms with E-state index in [9.17, 15) is 9.18 Å². The van der Waals surface area contributed by atoms with E-state index in [1.165, 1.54) is 12.1 Å². The van der Waals surface area contributed by atoms with Crippen molar-refractivity contribution < 1.29 is 14.0 Å². The van der Waals surface area contributed by atoms with Gasteiger partial charge in [0.05, 0.1) is 5.71 Å². The summed E-state index contributed by atoms with van der Waals surface area (Å²) in [6.45, 7) is 2.25. The molecule has 5 heteroatoms. The summed E-state index contributed by atoms with van der Waals surface area (Å²) in [5.74, 6) is -0.416. The number of nitrogens with zero attached hydrogens (tertiary/aromatic N) is 1. The van der Waals surface area contributed by atoms with Crippen LogP contribution in [0.5, 0.6) is 0 Å². The number of rotatable bonds is 6. The van der Waals surface area contributed by atoms with E-state index in [-0.39, 0.29) is 11.7 Å². The molecule has 0 bridgehead atoms. The Morgan fingerprint density at radius 2 is 2.04 bits per heavy atom. The minimum atomic E-state index is -0.982. The van der Waals surface area contributed by atoms with E-state index in [4.69, 9.17) is 4.84 Å². The van der Waals surface area contributed by atoms with Crippen LogP contribution in [0.3, 0.4) is 0 Å². The lowest BCUT2D eigenvalue weighted by atomic mass is 9.95. The maximum absolute atomic E-state index is 13.1. The average Bonchev–Trinajstić information content (AvgIpc) is 3.03. The van der Waals surface area contributed by atoms with Gasteiger partial charge in [-0.25, -0.2) is 4.39 Å². The molecule has 0 saturated carbocycles. The third-order valence-electron chi connectivity index (χ3n) is 4.27. The molecule has 0 aromatic heterocycles. The Labute approximate surface area is 146 Å². The summed E-state index contributed by atoms with van der Waals surface area (Å²) >= 11 is 0. The van der Waals surface area contributed by atoms with Gasteiger partial charge in [0.15, 0.2) is 0 Å². The summed E-state index contributed by atoms with van der Waals surface area (Å²) < 4.78 is 13.1. The van der Waals surface area contributed by atoms with Crippen LogP contribution in [0.2, 0.25) is 0 Å². The van der Waals surface area contributed by atoms with Gasteiger partial charge in [-0.2, -0.15) is 0 Å². The SMILES string of the molecule is CC1(C(=O)NCCCc2cccc(F)c2)CC(c2ccccc2)=NO1. The molecule has 1 atom stereocenters. The minimum absolute atomic E-state index is 0.179. The fraction of sp³-hybridized carbons (Fsp3) is 0.300. The van der Waals surface area contributed by atoms with Gasteiger partial charge in [0.25, 0.3) is 5.91 Å². The van der Waals surface area contributed by atoms with Crippen molar-refractivity contribution in [3.63, 3.8) is 0 Å². The van der Waals surface area contributed by atoms with Gasteiger partial charge in [0, 0.05) is 13.0 Å². The first-order valence-electron chi connectivity index (χ1n) is 8.40. The first-order valence-corrected chi connectivity index (χ1v) is 8.40. The molecule has 0 aliphatic carbocycles. The van der Waals surface area contributed by atoms with E-state index >= 15 is 0 Å². The normalized spacial score (nSPS) is 19.2. The van der Waals surface area contributed by atoms with Gasteiger partial charge in [-0.1, -0.05) is 47.6 Å². The highest BCUT2D eigenvalue weighted by molar-refractivity contribution is 6.05. The Balaban J connectivity index is 1.47. The monoisotopic (exact) mass is 340 g/mol. The highest BCUT2D eigenvalue weighted by atomic mass is 19.1. The molecule has 1 aliphatic heterocycles. The molecule has 1 unspecified atom stereocenters. The van der Waals surface area contributed by atoms with Gasteiger partial charge >= 0.3 is 0 Å². The van der Waals surface area contributed by atoms with Crippen LogP contribution >= 0.6 is 0 Å². The molecule has 1 heterocycles. The summed E-state index contributed by atoms with van der Waals surface area (Å²) in [7, 11) is 0. The second kappa shape index (κ2) is 7.47. The molecular weight excluding hydrogens is 319 g/mol. The maximum atomic E-state index is 13.1. The van der Waals surface area contributed by atoms with E-state index in [0.717, 1.165) is 23.3 Å². The number of nitrogens with one attached hydrogen (secondary N) is 1. The van der Waals surface area contributed by atoms with Gasteiger partial charge in [-0.05, 0) is 43.0 Å². The fourth-order valence-corrected chi connectivity index (χ4v) is 2.82. The summed E-state index contributed by atoms with van der Waals surface area (Å²) in [5, 5.41) is 6.97. The van der Waals surface area contributed by atoms with E-state index in [1.54, 1.807) is 13.0 Å². The van der Waals surface area contributed by atoms with Crippen molar-refractivity contribution in [3.8, 4) is 0 Å². The molecule has 25 heavy (non-hydrogen) atoms. The first kappa shape index (κ1) is 17.1. The number of halogens is 1. The number of carbonyl (C=O) groups is 1. The molecule has 1 N–H and O–H groups in total. The third-order valence-corrected chi connectivity index (χ3v) is 4.27. The maximum Gasteiger partial charge on any atom is 0.267 e. The molecular formula is C20H21FN2O2. The molecule has 130 valence electrons. The van der Waals surface area contributed by atoms with Gasteiger partial charge < -0.3 is 10.2 Å². The highest BCUT2D eigenvalue weighted by Gasteiger charge is 2.41. The van der Waals surface area contributed by atoms with E-state index < -0.39 is 5.60 Å². The van der Waals surface area contributed by atoms with Crippen molar-refractivity contribution in [1.29, 1.82) is 0 Å². The molecule has 0 fully saturated rings. The predicted octanol–water partition coefficient (Wildman–Crippen LogP) is 3.46. The van der Waals surface area contributed by atoms with Crippen molar-refractivity contribution in [2.45, 2.75) is 31.8 Å². The molecule has 0 saturated heterocycles. The Hall–Kier alpha value is -2.69. The van der Waals surface area contributed by atoms with Crippen LogP contribution < -0.4 is 5.32 Å². The number of benzene rings is 2. The molecule has 1 amide bonds. The van der Waals surface area contributed by atoms with Crippen LogP contribution in [0.4, 0.5) is 4.39 Å². The summed E-state index contributed by atoms with van der Waals surface area (Å²) in [6.07, 6.45) is 1.88. The van der Waals surface area contributed by atoms with Crippen LogP contribution in [-0.4, -0.2) is 23.8 Å². The van der Waals surface area contributed by atoms with Gasteiger partial charge in [0.2, 0.25) is 5.60 Å². The van der Waals surface area contributed by atoms with Crippen LogP contribution in [0.1, 0.15) is 30.9 Å². The molecule has 0 spiro atoms. The molecule has 2 aromatic rings. The fourth-order valence-electron chi connectivity index (χ4n) is 2.82. The molecule has 1 aliphatic rings. The topological polar surface area (TPSA) is 50.7 Å². The van der Waals surface area contributed by atoms with Crippen LogP contribution in [-0.2, 0) is 16.1 Å². The van der Waals surface area contributed by atoms with E-state index in [1.807, 2.05) is 36.4 Å². The first-order chi connectivity index (χ1) is 12.1. The van der Waals surface area contributed by atoms with Crippen molar-refractivity contribution >= 4 is 11.6 Å². The molecule has 4 nitrogen and oxygen atoms in total. The minimum Gasteiger partial charge on any atom is -0.379 e. The number of amides is 1. The van der Waals surface area contributed by atoms with Crippen molar-refractivity contribution in [2.75, 3.05) is 6.54 Å². The lowest BCUT2D eigenvalue weighted by molar-refractivity contribution is -0.141. The van der Waals surface area contributed by atoms with Crippen molar-refractivity contribution in [2.24, 2.45) is 5.16 Å². The predicted molar refractivity (Wildman–Crippen MR) is 94.8 cm³/mol.